The Morgan fingerprint density at radius 1 is 1.00 bits per heavy atom. The molecule has 1 amide bonds. The van der Waals surface area contributed by atoms with Crippen molar-refractivity contribution in [3.05, 3.63) is 89.0 Å². The van der Waals surface area contributed by atoms with Gasteiger partial charge in [-0.15, -0.1) is 0 Å². The van der Waals surface area contributed by atoms with Gasteiger partial charge in [-0.3, -0.25) is 0 Å². The van der Waals surface area contributed by atoms with Crippen LogP contribution in [0.25, 0.3) is 11.1 Å². The molecule has 3 aromatic rings. The maximum absolute atomic E-state index is 13.4. The summed E-state index contributed by atoms with van der Waals surface area (Å²) in [7, 11) is 0. The van der Waals surface area contributed by atoms with Crippen LogP contribution in [0.5, 0.6) is 5.75 Å². The first-order valence-corrected chi connectivity index (χ1v) is 8.80. The van der Waals surface area contributed by atoms with E-state index < -0.39 is 23.5 Å². The Labute approximate surface area is 160 Å². The van der Waals surface area contributed by atoms with Gasteiger partial charge < -0.3 is 15.2 Å². The quantitative estimate of drug-likeness (QED) is 0.688. The molecular weight excluding hydrogens is 364 g/mol. The molecule has 0 aliphatic heterocycles. The van der Waals surface area contributed by atoms with Crippen molar-refractivity contribution in [2.75, 3.05) is 6.61 Å². The molecule has 0 saturated heterocycles. The van der Waals surface area contributed by atoms with Crippen LogP contribution in [-0.2, 0) is 11.3 Å². The monoisotopic (exact) mass is 381 g/mol. The fourth-order valence-corrected chi connectivity index (χ4v) is 3.57. The largest absolute Gasteiger partial charge is 0.505 e. The minimum absolute atomic E-state index is 0.0639. The third-order valence-electron chi connectivity index (χ3n) is 4.87. The van der Waals surface area contributed by atoms with E-state index in [0.717, 1.165) is 28.3 Å². The number of fused-ring (bicyclic) bond motifs is 3. The van der Waals surface area contributed by atoms with Gasteiger partial charge in [0.2, 0.25) is 0 Å². The van der Waals surface area contributed by atoms with Crippen molar-refractivity contribution in [1.82, 2.24) is 5.32 Å². The van der Waals surface area contributed by atoms with Gasteiger partial charge in [0.25, 0.3) is 0 Å². The van der Waals surface area contributed by atoms with Gasteiger partial charge in [0.15, 0.2) is 11.6 Å². The predicted octanol–water partition coefficient (Wildman–Crippen LogP) is 4.71. The van der Waals surface area contributed by atoms with Crippen molar-refractivity contribution in [3.8, 4) is 16.9 Å². The van der Waals surface area contributed by atoms with E-state index in [9.17, 15) is 18.7 Å². The second-order valence-corrected chi connectivity index (χ2v) is 6.57. The van der Waals surface area contributed by atoms with Gasteiger partial charge in [-0.25, -0.2) is 13.6 Å². The lowest BCUT2D eigenvalue weighted by atomic mass is 9.98. The van der Waals surface area contributed by atoms with Crippen molar-refractivity contribution >= 4 is 6.09 Å². The van der Waals surface area contributed by atoms with Gasteiger partial charge in [0.05, 0.1) is 0 Å². The zero-order valence-corrected chi connectivity index (χ0v) is 14.8. The van der Waals surface area contributed by atoms with Crippen LogP contribution in [0.15, 0.2) is 60.7 Å². The minimum Gasteiger partial charge on any atom is -0.505 e. The summed E-state index contributed by atoms with van der Waals surface area (Å²) in [4.78, 5) is 12.1. The van der Waals surface area contributed by atoms with Gasteiger partial charge in [0.1, 0.15) is 12.4 Å². The third-order valence-corrected chi connectivity index (χ3v) is 4.87. The van der Waals surface area contributed by atoms with E-state index in [2.05, 4.69) is 5.32 Å². The number of carbonyl (C=O) groups is 1. The molecule has 0 saturated carbocycles. The van der Waals surface area contributed by atoms with E-state index in [0.29, 0.717) is 6.07 Å². The van der Waals surface area contributed by atoms with Crippen molar-refractivity contribution < 1.29 is 23.4 Å². The summed E-state index contributed by atoms with van der Waals surface area (Å²) in [5, 5.41) is 12.0. The first-order chi connectivity index (χ1) is 13.5. The highest BCUT2D eigenvalue weighted by Gasteiger charge is 2.29. The summed E-state index contributed by atoms with van der Waals surface area (Å²) < 4.78 is 32.0. The molecule has 3 aromatic carbocycles. The van der Waals surface area contributed by atoms with E-state index >= 15 is 0 Å². The van der Waals surface area contributed by atoms with Crippen LogP contribution < -0.4 is 5.32 Å². The molecule has 0 heterocycles. The summed E-state index contributed by atoms with van der Waals surface area (Å²) in [5.74, 6) is -2.69. The number of rotatable bonds is 4. The normalized spacial score (nSPS) is 12.4. The van der Waals surface area contributed by atoms with Crippen LogP contribution >= 0.6 is 0 Å². The number of hydrogen-bond acceptors (Lipinski definition) is 3. The van der Waals surface area contributed by atoms with Crippen molar-refractivity contribution in [2.24, 2.45) is 0 Å². The molecule has 4 nitrogen and oxygen atoms in total. The molecule has 2 N–H and O–H groups in total. The molecule has 0 radical (unpaired) electrons. The first-order valence-electron chi connectivity index (χ1n) is 8.80. The molecular formula is C22H17F2NO3. The highest BCUT2D eigenvalue weighted by molar-refractivity contribution is 5.79. The number of halogens is 2. The molecule has 142 valence electrons. The molecule has 6 heteroatoms. The Bertz CT molecular complexity index is 1010. The number of phenolic OH excluding ortho intramolecular Hbond substituents is 1. The molecule has 0 bridgehead atoms. The summed E-state index contributed by atoms with van der Waals surface area (Å²) in [6.07, 6.45) is -0.731. The maximum atomic E-state index is 13.4. The molecule has 28 heavy (non-hydrogen) atoms. The lowest BCUT2D eigenvalue weighted by Gasteiger charge is -2.15. The van der Waals surface area contributed by atoms with Crippen LogP contribution in [0.1, 0.15) is 22.6 Å². The maximum Gasteiger partial charge on any atom is 0.407 e. The number of hydrogen-bond donors (Lipinski definition) is 2. The van der Waals surface area contributed by atoms with E-state index in [1.807, 2.05) is 48.5 Å². The Morgan fingerprint density at radius 2 is 1.61 bits per heavy atom. The van der Waals surface area contributed by atoms with Crippen LogP contribution in [0.4, 0.5) is 13.6 Å². The standard InChI is InChI=1S/C22H17F2NO3/c23-14-9-13(21(26)20(24)10-14)11-25-22(27)28-12-19-17-7-3-1-5-15(17)16-6-2-4-8-18(16)19/h1-10,19,26H,11-12H2,(H,25,27). The molecule has 0 atom stereocenters. The lowest BCUT2D eigenvalue weighted by molar-refractivity contribution is 0.142. The average Bonchev–Trinajstić information content (AvgIpc) is 3.02. The zero-order valence-electron chi connectivity index (χ0n) is 14.8. The van der Waals surface area contributed by atoms with Crippen molar-refractivity contribution in [3.63, 3.8) is 0 Å². The number of aromatic hydroxyl groups is 1. The van der Waals surface area contributed by atoms with Gasteiger partial charge in [0, 0.05) is 24.1 Å². The molecule has 1 aliphatic rings. The molecule has 0 unspecified atom stereocenters. The third kappa shape index (κ3) is 3.29. The van der Waals surface area contributed by atoms with E-state index in [4.69, 9.17) is 4.74 Å². The number of carbonyl (C=O) groups excluding carboxylic acids is 1. The summed E-state index contributed by atoms with van der Waals surface area (Å²) in [6, 6.07) is 17.5. The number of phenols is 1. The van der Waals surface area contributed by atoms with Crippen LogP contribution in [0, 0.1) is 11.6 Å². The lowest BCUT2D eigenvalue weighted by Crippen LogP contribution is -2.25. The summed E-state index contributed by atoms with van der Waals surface area (Å²) in [5.41, 5.74) is 4.34. The second kappa shape index (κ2) is 7.31. The Hall–Kier alpha value is -3.41. The van der Waals surface area contributed by atoms with Gasteiger partial charge >= 0.3 is 6.09 Å². The number of alkyl carbamates (subject to hydrolysis) is 1. The zero-order chi connectivity index (χ0) is 19.7. The number of ether oxygens (including phenoxy) is 1. The van der Waals surface area contributed by atoms with Crippen molar-refractivity contribution in [1.29, 1.82) is 0 Å². The molecule has 4 rings (SSSR count). The van der Waals surface area contributed by atoms with Gasteiger partial charge in [-0.2, -0.15) is 0 Å². The van der Waals surface area contributed by atoms with Gasteiger partial charge in [-0.05, 0) is 28.3 Å². The number of benzene rings is 3. The van der Waals surface area contributed by atoms with E-state index in [1.165, 1.54) is 0 Å². The minimum atomic E-state index is -1.08. The van der Waals surface area contributed by atoms with Crippen molar-refractivity contribution in [2.45, 2.75) is 12.5 Å². The van der Waals surface area contributed by atoms with E-state index in [1.54, 1.807) is 0 Å². The number of nitrogens with one attached hydrogen (secondary N) is 1. The number of amides is 1. The molecule has 1 aliphatic carbocycles. The Kier molecular flexibility index (Phi) is 4.69. The topological polar surface area (TPSA) is 58.6 Å². The van der Waals surface area contributed by atoms with Crippen LogP contribution in [-0.4, -0.2) is 17.8 Å². The molecule has 0 spiro atoms. The van der Waals surface area contributed by atoms with Crippen LogP contribution in [0.3, 0.4) is 0 Å². The fraction of sp³-hybridized carbons (Fsp3) is 0.136. The Morgan fingerprint density at radius 3 is 2.25 bits per heavy atom. The average molecular weight is 381 g/mol. The Balaban J connectivity index is 1.43. The molecule has 0 aromatic heterocycles. The fourth-order valence-electron chi connectivity index (χ4n) is 3.57. The van der Waals surface area contributed by atoms with E-state index in [-0.39, 0.29) is 24.6 Å². The summed E-state index contributed by atoms with van der Waals surface area (Å²) >= 11 is 0. The smallest absolute Gasteiger partial charge is 0.407 e. The first kappa shape index (κ1) is 18.0. The summed E-state index contributed by atoms with van der Waals surface area (Å²) in [6.45, 7) is -0.124. The highest BCUT2D eigenvalue weighted by Crippen LogP contribution is 2.44. The predicted molar refractivity (Wildman–Crippen MR) is 99.9 cm³/mol. The van der Waals surface area contributed by atoms with Gasteiger partial charge in [-0.1, -0.05) is 48.5 Å². The van der Waals surface area contributed by atoms with Crippen LogP contribution in [0.2, 0.25) is 0 Å². The SMILES string of the molecule is O=C(NCc1cc(F)cc(F)c1O)OCC1c2ccccc2-c2ccccc21. The molecule has 0 fully saturated rings. The highest BCUT2D eigenvalue weighted by atomic mass is 19.1. The second-order valence-electron chi connectivity index (χ2n) is 6.57.